The van der Waals surface area contributed by atoms with E-state index in [0.29, 0.717) is 23.6 Å². The van der Waals surface area contributed by atoms with E-state index in [0.717, 1.165) is 36.4 Å². The highest BCUT2D eigenvalue weighted by atomic mass is 16.2. The van der Waals surface area contributed by atoms with Crippen molar-refractivity contribution in [3.05, 3.63) is 34.9 Å². The summed E-state index contributed by atoms with van der Waals surface area (Å²) in [4.78, 5) is 52.3. The van der Waals surface area contributed by atoms with Crippen LogP contribution in [0.1, 0.15) is 52.0 Å². The van der Waals surface area contributed by atoms with Gasteiger partial charge in [0, 0.05) is 37.5 Å². The smallest absolute Gasteiger partial charge is 0.262 e. The number of rotatable bonds is 4. The van der Waals surface area contributed by atoms with Crippen LogP contribution in [0.25, 0.3) is 0 Å². The number of nitrogens with zero attached hydrogens (tertiary/aromatic N) is 2. The van der Waals surface area contributed by atoms with Crippen LogP contribution >= 0.6 is 0 Å². The van der Waals surface area contributed by atoms with Crippen LogP contribution in [0.2, 0.25) is 0 Å². The average Bonchev–Trinajstić information content (AvgIpc) is 3.31. The molecule has 1 aliphatic carbocycles. The summed E-state index contributed by atoms with van der Waals surface area (Å²) in [5.74, 6) is -1.35. The topological polar surface area (TPSA) is 113 Å². The Morgan fingerprint density at radius 2 is 1.79 bits per heavy atom. The van der Waals surface area contributed by atoms with Crippen molar-refractivity contribution in [3.63, 3.8) is 0 Å². The highest BCUT2D eigenvalue weighted by molar-refractivity contribution is 6.23. The Hall–Kier alpha value is -2.58. The normalized spacial score (nSPS) is 26.9. The predicted octanol–water partition coefficient (Wildman–Crippen LogP) is 0.0109. The van der Waals surface area contributed by atoms with Crippen molar-refractivity contribution in [1.29, 1.82) is 0 Å². The SMILES string of the molecule is NC1(C2CN(Cc3ccc4c(c3)C(=O)N(C3CCC(=O)NC3=O)C4=O)C2)CC1. The minimum absolute atomic E-state index is 0.0409. The lowest BCUT2D eigenvalue weighted by Crippen LogP contribution is -2.55. The summed E-state index contributed by atoms with van der Waals surface area (Å²) in [6.45, 7) is 2.63. The number of nitrogens with one attached hydrogen (secondary N) is 1. The lowest BCUT2D eigenvalue weighted by molar-refractivity contribution is -0.136. The van der Waals surface area contributed by atoms with Gasteiger partial charge in [-0.05, 0) is 37.0 Å². The fraction of sp³-hybridized carbons (Fsp3) is 0.500. The molecule has 0 spiro atoms. The zero-order valence-electron chi connectivity index (χ0n) is 15.4. The molecule has 3 aliphatic heterocycles. The molecule has 2 saturated heterocycles. The Balaban J connectivity index is 1.31. The molecule has 0 radical (unpaired) electrons. The fourth-order valence-corrected chi connectivity index (χ4v) is 4.49. The number of piperidine rings is 1. The van der Waals surface area contributed by atoms with Crippen LogP contribution in [0.3, 0.4) is 0 Å². The van der Waals surface area contributed by atoms with Crippen molar-refractivity contribution in [2.45, 2.75) is 43.8 Å². The van der Waals surface area contributed by atoms with Crippen LogP contribution in [-0.4, -0.2) is 58.1 Å². The molecule has 8 heteroatoms. The number of likely N-dealkylation sites (tertiary alicyclic amines) is 1. The minimum Gasteiger partial charge on any atom is -0.325 e. The van der Waals surface area contributed by atoms with Gasteiger partial charge in [-0.25, -0.2) is 0 Å². The summed E-state index contributed by atoms with van der Waals surface area (Å²) in [6.07, 6.45) is 2.50. The highest BCUT2D eigenvalue weighted by Crippen LogP contribution is 2.44. The molecule has 1 aromatic rings. The number of nitrogens with two attached hydrogens (primary N) is 1. The van der Waals surface area contributed by atoms with E-state index in [1.54, 1.807) is 12.1 Å². The van der Waals surface area contributed by atoms with Crippen LogP contribution in [0, 0.1) is 5.92 Å². The molecular formula is C20H22N4O4. The minimum atomic E-state index is -0.927. The van der Waals surface area contributed by atoms with Crippen LogP contribution in [0.15, 0.2) is 18.2 Å². The molecule has 1 unspecified atom stereocenters. The molecule has 3 fully saturated rings. The number of fused-ring (bicyclic) bond motifs is 1. The largest absolute Gasteiger partial charge is 0.325 e. The first-order chi connectivity index (χ1) is 13.4. The molecule has 3 N–H and O–H groups in total. The number of carbonyl (C=O) groups is 4. The Morgan fingerprint density at radius 1 is 1.07 bits per heavy atom. The molecule has 28 heavy (non-hydrogen) atoms. The maximum absolute atomic E-state index is 12.9. The molecule has 5 rings (SSSR count). The Morgan fingerprint density at radius 3 is 2.46 bits per heavy atom. The molecule has 146 valence electrons. The zero-order valence-corrected chi connectivity index (χ0v) is 15.4. The van der Waals surface area contributed by atoms with E-state index in [2.05, 4.69) is 10.2 Å². The van der Waals surface area contributed by atoms with E-state index in [1.807, 2.05) is 6.07 Å². The van der Waals surface area contributed by atoms with Gasteiger partial charge in [-0.2, -0.15) is 0 Å². The van der Waals surface area contributed by atoms with Gasteiger partial charge in [0.05, 0.1) is 11.1 Å². The fourth-order valence-electron chi connectivity index (χ4n) is 4.49. The maximum Gasteiger partial charge on any atom is 0.262 e. The van der Waals surface area contributed by atoms with E-state index >= 15 is 0 Å². The highest BCUT2D eigenvalue weighted by Gasteiger charge is 2.50. The molecule has 1 saturated carbocycles. The van der Waals surface area contributed by atoms with Crippen molar-refractivity contribution in [2.75, 3.05) is 13.1 Å². The maximum atomic E-state index is 12.9. The number of hydrogen-bond donors (Lipinski definition) is 2. The predicted molar refractivity (Wildman–Crippen MR) is 98.0 cm³/mol. The van der Waals surface area contributed by atoms with E-state index in [-0.39, 0.29) is 24.3 Å². The second-order valence-electron chi connectivity index (χ2n) is 8.45. The van der Waals surface area contributed by atoms with Crippen molar-refractivity contribution in [1.82, 2.24) is 15.1 Å². The molecule has 4 aliphatic rings. The van der Waals surface area contributed by atoms with Crippen molar-refractivity contribution >= 4 is 23.6 Å². The van der Waals surface area contributed by atoms with Gasteiger partial charge in [-0.3, -0.25) is 34.3 Å². The van der Waals surface area contributed by atoms with Gasteiger partial charge in [-0.1, -0.05) is 6.07 Å². The molecule has 0 bridgehead atoms. The Bertz CT molecular complexity index is 917. The Labute approximate surface area is 162 Å². The summed E-state index contributed by atoms with van der Waals surface area (Å²) in [7, 11) is 0. The van der Waals surface area contributed by atoms with E-state index in [1.165, 1.54) is 0 Å². The van der Waals surface area contributed by atoms with Gasteiger partial charge < -0.3 is 5.73 Å². The molecule has 4 amide bonds. The van der Waals surface area contributed by atoms with E-state index < -0.39 is 23.8 Å². The summed E-state index contributed by atoms with van der Waals surface area (Å²) < 4.78 is 0. The number of benzene rings is 1. The first-order valence-electron chi connectivity index (χ1n) is 9.71. The second-order valence-corrected chi connectivity index (χ2v) is 8.45. The second kappa shape index (κ2) is 5.96. The van der Waals surface area contributed by atoms with E-state index in [9.17, 15) is 19.2 Å². The van der Waals surface area contributed by atoms with Crippen LogP contribution < -0.4 is 11.1 Å². The van der Waals surface area contributed by atoms with Crippen LogP contribution in [0.5, 0.6) is 0 Å². The number of imide groups is 2. The van der Waals surface area contributed by atoms with Gasteiger partial charge >= 0.3 is 0 Å². The van der Waals surface area contributed by atoms with Crippen molar-refractivity contribution < 1.29 is 19.2 Å². The average molecular weight is 382 g/mol. The lowest BCUT2D eigenvalue weighted by Gasteiger charge is -2.42. The quantitative estimate of drug-likeness (QED) is 0.710. The first kappa shape index (κ1) is 17.5. The summed E-state index contributed by atoms with van der Waals surface area (Å²) in [5.41, 5.74) is 7.91. The van der Waals surface area contributed by atoms with Crippen molar-refractivity contribution in [2.24, 2.45) is 11.7 Å². The standard InChI is InChI=1S/C20H22N4O4/c21-20(5-6-20)12-9-23(10-12)8-11-1-2-13-14(7-11)19(28)24(18(13)27)15-3-4-16(25)22-17(15)26/h1-2,7,12,15H,3-6,8-10,21H2,(H,22,25,26). The third-order valence-corrected chi connectivity index (χ3v) is 6.51. The van der Waals surface area contributed by atoms with Gasteiger partial charge in [0.25, 0.3) is 11.8 Å². The van der Waals surface area contributed by atoms with Crippen LogP contribution in [-0.2, 0) is 16.1 Å². The number of amides is 4. The van der Waals surface area contributed by atoms with Gasteiger partial charge in [-0.15, -0.1) is 0 Å². The molecule has 0 aromatic heterocycles. The summed E-state index contributed by atoms with van der Waals surface area (Å²) in [6, 6.07) is 4.35. The molecular weight excluding hydrogens is 360 g/mol. The zero-order chi connectivity index (χ0) is 19.6. The number of hydrogen-bond acceptors (Lipinski definition) is 6. The molecule has 8 nitrogen and oxygen atoms in total. The first-order valence-corrected chi connectivity index (χ1v) is 9.71. The molecule has 1 atom stereocenters. The van der Waals surface area contributed by atoms with Gasteiger partial charge in [0.2, 0.25) is 11.8 Å². The molecule has 1 aromatic carbocycles. The third kappa shape index (κ3) is 2.67. The van der Waals surface area contributed by atoms with E-state index in [4.69, 9.17) is 5.73 Å². The number of carbonyl (C=O) groups excluding carboxylic acids is 4. The van der Waals surface area contributed by atoms with Gasteiger partial charge in [0.15, 0.2) is 0 Å². The third-order valence-electron chi connectivity index (χ3n) is 6.51. The molecule has 3 heterocycles. The van der Waals surface area contributed by atoms with Crippen molar-refractivity contribution in [3.8, 4) is 0 Å². The Kier molecular flexibility index (Phi) is 3.73. The summed E-state index contributed by atoms with van der Waals surface area (Å²) >= 11 is 0. The summed E-state index contributed by atoms with van der Waals surface area (Å²) in [5, 5.41) is 2.21. The monoisotopic (exact) mass is 382 g/mol. The van der Waals surface area contributed by atoms with Crippen LogP contribution in [0.4, 0.5) is 0 Å². The van der Waals surface area contributed by atoms with Gasteiger partial charge in [0.1, 0.15) is 6.04 Å². The lowest BCUT2D eigenvalue weighted by atomic mass is 9.89.